The molecule has 0 spiro atoms. The van der Waals surface area contributed by atoms with Crippen molar-refractivity contribution >= 4 is 24.3 Å². The molecule has 0 unspecified atom stereocenters. The van der Waals surface area contributed by atoms with E-state index >= 15 is 0 Å². The van der Waals surface area contributed by atoms with Crippen LogP contribution in [0.25, 0.3) is 22.0 Å². The fourth-order valence-corrected chi connectivity index (χ4v) is 7.99. The van der Waals surface area contributed by atoms with E-state index in [-0.39, 0.29) is 0 Å². The topological polar surface area (TPSA) is 4.93 Å². The predicted molar refractivity (Wildman–Crippen MR) is 114 cm³/mol. The molecule has 0 fully saturated rings. The van der Waals surface area contributed by atoms with Crippen molar-refractivity contribution in [1.82, 2.24) is 4.57 Å². The van der Waals surface area contributed by atoms with Crippen LogP contribution in [0.15, 0.2) is 78.9 Å². The van der Waals surface area contributed by atoms with Crippen molar-refractivity contribution in [3.05, 3.63) is 90.0 Å². The van der Waals surface area contributed by atoms with Gasteiger partial charge in [-0.3, -0.25) is 0 Å². The average molecular weight is 354 g/mol. The first-order chi connectivity index (χ1) is 12.6. The molecule has 0 saturated carbocycles. The number of hydrogen-bond donors (Lipinski definition) is 0. The first-order valence-corrected chi connectivity index (χ1v) is 12.6. The minimum atomic E-state index is -1.58. The van der Waals surface area contributed by atoms with Gasteiger partial charge in [0.05, 0.1) is 0 Å². The van der Waals surface area contributed by atoms with Crippen LogP contribution in [0.5, 0.6) is 0 Å². The van der Waals surface area contributed by atoms with Crippen LogP contribution in [0.4, 0.5) is 0 Å². The molecule has 0 N–H and O–H groups in total. The van der Waals surface area contributed by atoms with Gasteiger partial charge in [0.1, 0.15) is 8.07 Å². The van der Waals surface area contributed by atoms with Crippen LogP contribution in [0.1, 0.15) is 11.1 Å². The summed E-state index contributed by atoms with van der Waals surface area (Å²) in [6.45, 7) is 6.01. The highest BCUT2D eigenvalue weighted by molar-refractivity contribution is 6.90. The highest BCUT2D eigenvalue weighted by atomic mass is 28.3. The Morgan fingerprint density at radius 1 is 0.808 bits per heavy atom. The molecule has 0 radical (unpaired) electrons. The normalized spacial score (nSPS) is 14.8. The molecule has 1 aliphatic heterocycles. The van der Waals surface area contributed by atoms with Crippen LogP contribution in [-0.2, 0) is 12.6 Å². The lowest BCUT2D eigenvalue weighted by Gasteiger charge is -2.32. The van der Waals surface area contributed by atoms with Crippen molar-refractivity contribution in [2.45, 2.75) is 25.7 Å². The Kier molecular flexibility index (Phi) is 3.44. The van der Waals surface area contributed by atoms with Crippen LogP contribution < -0.4 is 5.32 Å². The average Bonchev–Trinajstić information content (AvgIpc) is 2.98. The van der Waals surface area contributed by atoms with Gasteiger partial charge in [0.25, 0.3) is 0 Å². The molecule has 2 heteroatoms. The molecule has 5 rings (SSSR count). The summed E-state index contributed by atoms with van der Waals surface area (Å²) in [5.41, 5.74) is 7.21. The first kappa shape index (κ1) is 15.7. The number of benzene rings is 3. The maximum absolute atomic E-state index is 2.61. The van der Waals surface area contributed by atoms with Gasteiger partial charge >= 0.3 is 0 Å². The van der Waals surface area contributed by atoms with Gasteiger partial charge in [-0.2, -0.15) is 0 Å². The Hall–Kier alpha value is -2.58. The van der Waals surface area contributed by atoms with Gasteiger partial charge in [-0.25, -0.2) is 0 Å². The highest BCUT2D eigenvalue weighted by Gasteiger charge is 2.37. The molecular weight excluding hydrogens is 330 g/mol. The summed E-state index contributed by atoms with van der Waals surface area (Å²) < 4.78 is 2.61. The molecule has 0 saturated heterocycles. The number of rotatable bonds is 2. The molecule has 1 aliphatic rings. The number of hydrogen-bond acceptors (Lipinski definition) is 0. The second-order valence-corrected chi connectivity index (χ2v) is 12.6. The Morgan fingerprint density at radius 3 is 2.35 bits per heavy atom. The van der Waals surface area contributed by atoms with Crippen LogP contribution in [0.3, 0.4) is 0 Å². The van der Waals surface area contributed by atoms with E-state index < -0.39 is 8.07 Å². The third-order valence-electron chi connectivity index (χ3n) is 5.71. The lowest BCUT2D eigenvalue weighted by Crippen LogP contribution is -2.51. The maximum atomic E-state index is 2.61. The lowest BCUT2D eigenvalue weighted by atomic mass is 9.99. The Morgan fingerprint density at radius 2 is 1.50 bits per heavy atom. The number of aromatic nitrogens is 1. The summed E-state index contributed by atoms with van der Waals surface area (Å²) in [5, 5.41) is 3.02. The monoisotopic (exact) mass is 353 g/mol. The van der Waals surface area contributed by atoms with Gasteiger partial charge in [0.15, 0.2) is 0 Å². The molecule has 1 nitrogen and oxygen atoms in total. The standard InChI is InChI=1S/C24H23NSi/c1-26(2)17-19-12-6-7-13-20(19)23-21-14-8-9-15-22(21)25(24(23)26)16-18-10-4-3-5-11-18/h3-15H,16-17H2,1-2H3. The fourth-order valence-electron chi connectivity index (χ4n) is 4.69. The van der Waals surface area contributed by atoms with Gasteiger partial charge in [-0.05, 0) is 28.8 Å². The molecule has 2 heterocycles. The molecule has 0 amide bonds. The molecule has 128 valence electrons. The number of para-hydroxylation sites is 1. The van der Waals surface area contributed by atoms with Crippen molar-refractivity contribution in [2.75, 3.05) is 0 Å². The third kappa shape index (κ3) is 2.29. The molecule has 0 bridgehead atoms. The molecule has 4 aromatic rings. The van der Waals surface area contributed by atoms with Gasteiger partial charge in [-0.15, -0.1) is 0 Å². The molecule has 1 aromatic heterocycles. The maximum Gasteiger partial charge on any atom is 0.107 e. The zero-order valence-electron chi connectivity index (χ0n) is 15.4. The number of fused-ring (bicyclic) bond motifs is 5. The van der Waals surface area contributed by atoms with Crippen LogP contribution in [0.2, 0.25) is 13.1 Å². The molecule has 26 heavy (non-hydrogen) atoms. The van der Waals surface area contributed by atoms with Crippen LogP contribution >= 0.6 is 0 Å². The summed E-state index contributed by atoms with van der Waals surface area (Å²) in [4.78, 5) is 0. The van der Waals surface area contributed by atoms with Crippen molar-refractivity contribution in [1.29, 1.82) is 0 Å². The lowest BCUT2D eigenvalue weighted by molar-refractivity contribution is 0.854. The van der Waals surface area contributed by atoms with E-state index in [0.717, 1.165) is 6.54 Å². The van der Waals surface area contributed by atoms with E-state index in [0.29, 0.717) is 0 Å². The smallest absolute Gasteiger partial charge is 0.107 e. The van der Waals surface area contributed by atoms with Crippen LogP contribution in [-0.4, -0.2) is 12.6 Å². The second kappa shape index (κ2) is 5.71. The fraction of sp³-hybridized carbons (Fsp3) is 0.167. The molecule has 3 aromatic carbocycles. The molecule has 0 atom stereocenters. The van der Waals surface area contributed by atoms with Crippen molar-refractivity contribution in [3.8, 4) is 11.1 Å². The predicted octanol–water partition coefficient (Wildman–Crippen LogP) is 5.37. The zero-order chi connectivity index (χ0) is 17.7. The largest absolute Gasteiger partial charge is 0.343 e. The van der Waals surface area contributed by atoms with Crippen molar-refractivity contribution in [3.63, 3.8) is 0 Å². The van der Waals surface area contributed by atoms with Crippen LogP contribution in [0, 0.1) is 0 Å². The SMILES string of the molecule is C[Si]1(C)Cc2ccccc2-c2c1n(Cc1ccccc1)c1ccccc21. The first-order valence-electron chi connectivity index (χ1n) is 9.39. The van der Waals surface area contributed by atoms with Crippen molar-refractivity contribution in [2.24, 2.45) is 0 Å². The summed E-state index contributed by atoms with van der Waals surface area (Å²) in [7, 11) is -1.58. The van der Waals surface area contributed by atoms with Gasteiger partial charge in [-0.1, -0.05) is 85.9 Å². The van der Waals surface area contributed by atoms with E-state index in [1.165, 1.54) is 39.2 Å². The minimum absolute atomic E-state index is 0.954. The van der Waals surface area contributed by atoms with E-state index in [1.807, 2.05) is 0 Å². The summed E-state index contributed by atoms with van der Waals surface area (Å²) in [6, 6.07) is 30.1. The molecular formula is C24H23NSi. The van der Waals surface area contributed by atoms with Gasteiger partial charge in [0, 0.05) is 28.3 Å². The van der Waals surface area contributed by atoms with Gasteiger partial charge in [0.2, 0.25) is 0 Å². The Labute approximate surface area is 155 Å². The van der Waals surface area contributed by atoms with E-state index in [1.54, 1.807) is 5.32 Å². The summed E-state index contributed by atoms with van der Waals surface area (Å²) in [5.74, 6) is 0. The van der Waals surface area contributed by atoms with E-state index in [4.69, 9.17) is 0 Å². The van der Waals surface area contributed by atoms with Gasteiger partial charge < -0.3 is 4.57 Å². The quantitative estimate of drug-likeness (QED) is 0.427. The summed E-state index contributed by atoms with van der Waals surface area (Å²) in [6.07, 6.45) is 0. The highest BCUT2D eigenvalue weighted by Crippen LogP contribution is 2.38. The Balaban J connectivity index is 1.85. The number of nitrogens with zero attached hydrogens (tertiary/aromatic N) is 1. The van der Waals surface area contributed by atoms with E-state index in [9.17, 15) is 0 Å². The second-order valence-electron chi connectivity index (χ2n) is 8.03. The zero-order valence-corrected chi connectivity index (χ0v) is 16.4. The Bertz CT molecular complexity index is 1110. The summed E-state index contributed by atoms with van der Waals surface area (Å²) >= 11 is 0. The van der Waals surface area contributed by atoms with Crippen molar-refractivity contribution < 1.29 is 0 Å². The molecule has 0 aliphatic carbocycles. The van der Waals surface area contributed by atoms with E-state index in [2.05, 4.69) is 96.5 Å². The minimum Gasteiger partial charge on any atom is -0.343 e. The third-order valence-corrected chi connectivity index (χ3v) is 8.78.